The van der Waals surface area contributed by atoms with Crippen LogP contribution in [0.3, 0.4) is 0 Å². The van der Waals surface area contributed by atoms with Crippen LogP contribution in [-0.4, -0.2) is 47.4 Å². The Morgan fingerprint density at radius 2 is 2.00 bits per heavy atom. The van der Waals surface area contributed by atoms with Crippen molar-refractivity contribution in [3.05, 3.63) is 34.0 Å². The molecule has 3 heterocycles. The first-order valence-electron chi connectivity index (χ1n) is 8.90. The molecule has 0 radical (unpaired) electrons. The minimum atomic E-state index is 0.225. The predicted octanol–water partition coefficient (Wildman–Crippen LogP) is 3.36. The molecule has 1 aromatic heterocycles. The first-order valence-corrected chi connectivity index (χ1v) is 9.28. The van der Waals surface area contributed by atoms with E-state index in [1.54, 1.807) is 0 Å². The average Bonchev–Trinajstić information content (AvgIpc) is 2.94. The third-order valence-electron chi connectivity index (χ3n) is 5.37. The van der Waals surface area contributed by atoms with Gasteiger partial charge in [0.1, 0.15) is 0 Å². The number of aromatic amines is 1. The molecule has 2 aliphatic rings. The monoisotopic (exact) mass is 345 g/mol. The van der Waals surface area contributed by atoms with E-state index in [0.717, 1.165) is 61.5 Å². The highest BCUT2D eigenvalue weighted by Gasteiger charge is 2.22. The molecule has 1 saturated heterocycles. The van der Waals surface area contributed by atoms with Crippen LogP contribution in [0.4, 0.5) is 0 Å². The number of carbonyl (C=O) groups excluding carboxylic acids is 1. The van der Waals surface area contributed by atoms with Gasteiger partial charge in [-0.25, -0.2) is 0 Å². The highest BCUT2D eigenvalue weighted by atomic mass is 35.5. The van der Waals surface area contributed by atoms with E-state index >= 15 is 0 Å². The van der Waals surface area contributed by atoms with Gasteiger partial charge in [0.2, 0.25) is 5.91 Å². The topological polar surface area (TPSA) is 39.3 Å². The Hall–Kier alpha value is -1.52. The summed E-state index contributed by atoms with van der Waals surface area (Å²) in [5.41, 5.74) is 4.78. The van der Waals surface area contributed by atoms with Crippen molar-refractivity contribution in [2.75, 3.05) is 26.7 Å². The van der Waals surface area contributed by atoms with Crippen molar-refractivity contribution >= 4 is 28.4 Å². The molecule has 1 aromatic carbocycles. The number of likely N-dealkylation sites (tertiary alicyclic amines) is 1. The van der Waals surface area contributed by atoms with Crippen LogP contribution >= 0.6 is 11.6 Å². The van der Waals surface area contributed by atoms with Gasteiger partial charge in [-0.15, -0.1) is 0 Å². The van der Waals surface area contributed by atoms with Crippen LogP contribution in [0, 0.1) is 0 Å². The molecule has 1 amide bonds. The number of H-pyrrole nitrogens is 1. The summed E-state index contributed by atoms with van der Waals surface area (Å²) in [6, 6.07) is 4.00. The molecular formula is C19H24ClN3O. The second-order valence-corrected chi connectivity index (χ2v) is 7.61. The Kier molecular flexibility index (Phi) is 4.27. The van der Waals surface area contributed by atoms with E-state index in [1.807, 2.05) is 17.0 Å². The smallest absolute Gasteiger partial charge is 0.227 e. The van der Waals surface area contributed by atoms with Gasteiger partial charge in [0.25, 0.3) is 0 Å². The summed E-state index contributed by atoms with van der Waals surface area (Å²) in [6.07, 6.45) is 4.95. The van der Waals surface area contributed by atoms with Gasteiger partial charge in [-0.3, -0.25) is 4.79 Å². The quantitative estimate of drug-likeness (QED) is 0.906. The molecule has 0 bridgehead atoms. The number of amides is 1. The summed E-state index contributed by atoms with van der Waals surface area (Å²) in [4.78, 5) is 20.6. The van der Waals surface area contributed by atoms with Crippen LogP contribution in [0.2, 0.25) is 5.02 Å². The van der Waals surface area contributed by atoms with Gasteiger partial charge in [-0.2, -0.15) is 0 Å². The van der Waals surface area contributed by atoms with E-state index in [-0.39, 0.29) is 5.91 Å². The minimum absolute atomic E-state index is 0.225. The number of likely N-dealkylation sites (N-methyl/N-ethyl adjacent to an activating group) is 1. The largest absolute Gasteiger partial charge is 0.358 e. The average molecular weight is 346 g/mol. The summed E-state index contributed by atoms with van der Waals surface area (Å²) in [7, 11) is 2.15. The molecule has 5 heteroatoms. The lowest BCUT2D eigenvalue weighted by atomic mass is 10.0. The Bertz CT molecular complexity index is 777. The summed E-state index contributed by atoms with van der Waals surface area (Å²) < 4.78 is 0. The van der Waals surface area contributed by atoms with E-state index in [9.17, 15) is 4.79 Å². The third kappa shape index (κ3) is 2.93. The zero-order valence-corrected chi connectivity index (χ0v) is 15.0. The first-order chi connectivity index (χ1) is 11.6. The number of rotatable bonds is 2. The summed E-state index contributed by atoms with van der Waals surface area (Å²) in [5.74, 6) is 0.225. The van der Waals surface area contributed by atoms with E-state index in [1.165, 1.54) is 23.1 Å². The van der Waals surface area contributed by atoms with Gasteiger partial charge >= 0.3 is 0 Å². The van der Waals surface area contributed by atoms with Gasteiger partial charge in [-0.05, 0) is 49.6 Å². The number of benzene rings is 1. The normalized spacial score (nSPS) is 18.8. The lowest BCUT2D eigenvalue weighted by Crippen LogP contribution is -2.36. The number of fused-ring (bicyclic) bond motifs is 3. The molecule has 4 rings (SSSR count). The van der Waals surface area contributed by atoms with E-state index < -0.39 is 0 Å². The van der Waals surface area contributed by atoms with Gasteiger partial charge in [0, 0.05) is 54.2 Å². The number of piperidine rings is 1. The van der Waals surface area contributed by atoms with Crippen LogP contribution in [0.25, 0.3) is 10.9 Å². The van der Waals surface area contributed by atoms with Crippen molar-refractivity contribution in [1.82, 2.24) is 14.8 Å². The standard InChI is InChI=1S/C19H24ClN3O/c1-22-8-5-17-16(12-22)15-11-14(20)9-13(19(15)21-17)10-18(24)23-6-3-2-4-7-23/h9,11,21H,2-8,10,12H2,1H3. The molecule has 1 fully saturated rings. The van der Waals surface area contributed by atoms with Crippen molar-refractivity contribution in [3.8, 4) is 0 Å². The van der Waals surface area contributed by atoms with Gasteiger partial charge in [0.15, 0.2) is 0 Å². The van der Waals surface area contributed by atoms with Gasteiger partial charge in [0.05, 0.1) is 6.42 Å². The molecular weight excluding hydrogens is 322 g/mol. The highest BCUT2D eigenvalue weighted by molar-refractivity contribution is 6.31. The summed E-state index contributed by atoms with van der Waals surface area (Å²) in [5, 5.41) is 1.91. The summed E-state index contributed by atoms with van der Waals surface area (Å²) >= 11 is 6.38. The van der Waals surface area contributed by atoms with E-state index in [2.05, 4.69) is 16.9 Å². The second-order valence-electron chi connectivity index (χ2n) is 7.18. The maximum atomic E-state index is 12.7. The van der Waals surface area contributed by atoms with E-state index in [4.69, 9.17) is 11.6 Å². The van der Waals surface area contributed by atoms with Gasteiger partial charge in [-0.1, -0.05) is 11.6 Å². The maximum absolute atomic E-state index is 12.7. The number of halogens is 1. The number of hydrogen-bond acceptors (Lipinski definition) is 2. The Morgan fingerprint density at radius 1 is 1.21 bits per heavy atom. The molecule has 24 heavy (non-hydrogen) atoms. The van der Waals surface area contributed by atoms with Crippen molar-refractivity contribution < 1.29 is 4.79 Å². The molecule has 2 aliphatic heterocycles. The highest BCUT2D eigenvalue weighted by Crippen LogP contribution is 2.32. The molecule has 4 nitrogen and oxygen atoms in total. The fourth-order valence-electron chi connectivity index (χ4n) is 4.04. The Labute approximate surface area is 147 Å². The Morgan fingerprint density at radius 3 is 2.79 bits per heavy atom. The maximum Gasteiger partial charge on any atom is 0.227 e. The third-order valence-corrected chi connectivity index (χ3v) is 5.59. The zero-order chi connectivity index (χ0) is 16.7. The fourth-order valence-corrected chi connectivity index (χ4v) is 4.28. The predicted molar refractivity (Wildman–Crippen MR) is 97.5 cm³/mol. The van der Waals surface area contributed by atoms with Crippen LogP contribution in [-0.2, 0) is 24.2 Å². The first kappa shape index (κ1) is 16.0. The molecule has 0 aliphatic carbocycles. The number of nitrogens with zero attached hydrogens (tertiary/aromatic N) is 2. The number of nitrogens with one attached hydrogen (secondary N) is 1. The molecule has 1 N–H and O–H groups in total. The Balaban J connectivity index is 1.69. The number of hydrogen-bond donors (Lipinski definition) is 1. The molecule has 0 unspecified atom stereocenters. The van der Waals surface area contributed by atoms with Crippen LogP contribution in [0.5, 0.6) is 0 Å². The van der Waals surface area contributed by atoms with Crippen molar-refractivity contribution in [3.63, 3.8) is 0 Å². The van der Waals surface area contributed by atoms with Crippen LogP contribution < -0.4 is 0 Å². The minimum Gasteiger partial charge on any atom is -0.358 e. The molecule has 0 spiro atoms. The lowest BCUT2D eigenvalue weighted by molar-refractivity contribution is -0.131. The van der Waals surface area contributed by atoms with E-state index in [0.29, 0.717) is 6.42 Å². The van der Waals surface area contributed by atoms with Crippen molar-refractivity contribution in [2.45, 2.75) is 38.6 Å². The molecule has 2 aromatic rings. The van der Waals surface area contributed by atoms with Crippen LogP contribution in [0.15, 0.2) is 12.1 Å². The number of carbonyl (C=O) groups is 1. The number of aromatic nitrogens is 1. The zero-order valence-electron chi connectivity index (χ0n) is 14.2. The van der Waals surface area contributed by atoms with Crippen molar-refractivity contribution in [2.24, 2.45) is 0 Å². The fraction of sp³-hybridized carbons (Fsp3) is 0.526. The van der Waals surface area contributed by atoms with Crippen LogP contribution in [0.1, 0.15) is 36.1 Å². The SMILES string of the molecule is CN1CCc2[nH]c3c(CC(=O)N4CCCCC4)cc(Cl)cc3c2C1. The molecule has 128 valence electrons. The summed E-state index contributed by atoms with van der Waals surface area (Å²) in [6.45, 7) is 3.80. The lowest BCUT2D eigenvalue weighted by Gasteiger charge is -2.26. The van der Waals surface area contributed by atoms with Gasteiger partial charge < -0.3 is 14.8 Å². The molecule has 0 saturated carbocycles. The van der Waals surface area contributed by atoms with Crippen molar-refractivity contribution in [1.29, 1.82) is 0 Å². The second kappa shape index (κ2) is 6.41. The molecule has 0 atom stereocenters.